The smallest absolute Gasteiger partial charge is 0.00700 e. The monoisotopic (exact) mass is 372 g/mol. The van der Waals surface area contributed by atoms with Crippen molar-refractivity contribution in [3.8, 4) is 0 Å². The van der Waals surface area contributed by atoms with Crippen LogP contribution in [0.15, 0.2) is 0 Å². The predicted octanol–water partition coefficient (Wildman–Crippen LogP) is 7.72. The molecule has 0 spiro atoms. The summed E-state index contributed by atoms with van der Waals surface area (Å²) in [5.74, 6) is 7.17. The predicted molar refractivity (Wildman–Crippen MR) is 117 cm³/mol. The normalized spacial score (nSPS) is 25.1. The molecule has 0 nitrogen and oxygen atoms in total. The fourth-order valence-corrected chi connectivity index (χ4v) is 6.63. The fourth-order valence-electron chi connectivity index (χ4n) is 4.75. The molecule has 0 saturated heterocycles. The van der Waals surface area contributed by atoms with Crippen LogP contribution in [0.3, 0.4) is 0 Å². The van der Waals surface area contributed by atoms with Crippen LogP contribution in [-0.2, 0) is 0 Å². The zero-order chi connectivity index (χ0) is 17.9. The topological polar surface area (TPSA) is 0 Å². The van der Waals surface area contributed by atoms with Gasteiger partial charge in [-0.2, -0.15) is 24.4 Å². The highest BCUT2D eigenvalue weighted by Gasteiger charge is 2.33. The summed E-state index contributed by atoms with van der Waals surface area (Å²) in [6.07, 6.45) is 12.7. The first kappa shape index (κ1) is 22.7. The van der Waals surface area contributed by atoms with Crippen LogP contribution in [0.5, 0.6) is 0 Å². The molecule has 2 heteroatoms. The molecule has 0 aromatic carbocycles. The summed E-state index contributed by atoms with van der Waals surface area (Å²) in [4.78, 5) is 0. The Morgan fingerprint density at radius 1 is 1.08 bits per heavy atom. The van der Waals surface area contributed by atoms with Gasteiger partial charge in [-0.1, -0.05) is 53.9 Å². The van der Waals surface area contributed by atoms with Crippen molar-refractivity contribution in [1.82, 2.24) is 0 Å². The Balaban J connectivity index is 2.52. The summed E-state index contributed by atoms with van der Waals surface area (Å²) in [5, 5.41) is 0.880. The first-order chi connectivity index (χ1) is 11.5. The molecule has 1 aliphatic carbocycles. The third-order valence-electron chi connectivity index (χ3n) is 6.25. The molecule has 24 heavy (non-hydrogen) atoms. The molecule has 0 aromatic rings. The Morgan fingerprint density at radius 3 is 2.42 bits per heavy atom. The van der Waals surface area contributed by atoms with Gasteiger partial charge in [0.2, 0.25) is 0 Å². The average molecular weight is 373 g/mol. The van der Waals surface area contributed by atoms with E-state index in [2.05, 4.69) is 59.0 Å². The minimum atomic E-state index is 0.832. The van der Waals surface area contributed by atoms with Gasteiger partial charge < -0.3 is 0 Å². The zero-order valence-corrected chi connectivity index (χ0v) is 18.8. The lowest BCUT2D eigenvalue weighted by Crippen LogP contribution is -2.23. The molecule has 0 radical (unpaired) electrons. The van der Waals surface area contributed by atoms with Gasteiger partial charge in [-0.3, -0.25) is 0 Å². The summed E-state index contributed by atoms with van der Waals surface area (Å²) >= 11 is 6.69. The number of hydrogen-bond acceptors (Lipinski definition) is 2. The zero-order valence-electron chi connectivity index (χ0n) is 17.1. The van der Waals surface area contributed by atoms with Gasteiger partial charge in [-0.15, -0.1) is 0 Å². The largest absolute Gasteiger partial charge is 0.179 e. The molecule has 1 fully saturated rings. The lowest BCUT2D eigenvalue weighted by Gasteiger charge is -2.31. The van der Waals surface area contributed by atoms with Crippen molar-refractivity contribution in [3.05, 3.63) is 0 Å². The van der Waals surface area contributed by atoms with Gasteiger partial charge in [-0.05, 0) is 79.6 Å². The van der Waals surface area contributed by atoms with Gasteiger partial charge in [0.25, 0.3) is 0 Å². The average Bonchev–Trinajstić information content (AvgIpc) is 3.02. The molecule has 0 heterocycles. The first-order valence-electron chi connectivity index (χ1n) is 10.8. The minimum absolute atomic E-state index is 0.832. The first-order valence-corrected chi connectivity index (χ1v) is 12.4. The molecule has 1 saturated carbocycles. The SMILES string of the molecule is CCCC(SCC1CCCC1C(CC)CC(C)CCCS)C(C)C. The van der Waals surface area contributed by atoms with E-state index in [1.54, 1.807) is 0 Å². The van der Waals surface area contributed by atoms with Crippen LogP contribution in [0.4, 0.5) is 0 Å². The molecule has 1 rings (SSSR count). The summed E-state index contributed by atoms with van der Waals surface area (Å²) in [7, 11) is 0. The van der Waals surface area contributed by atoms with Gasteiger partial charge in [0.05, 0.1) is 0 Å². The van der Waals surface area contributed by atoms with Gasteiger partial charge in [-0.25, -0.2) is 0 Å². The van der Waals surface area contributed by atoms with Crippen LogP contribution >= 0.6 is 24.4 Å². The molecular formula is C22H44S2. The third-order valence-corrected chi connectivity index (χ3v) is 8.39. The Kier molecular flexibility index (Phi) is 12.3. The molecule has 144 valence electrons. The van der Waals surface area contributed by atoms with Crippen molar-refractivity contribution >= 4 is 24.4 Å². The Labute approximate surface area is 163 Å². The lowest BCUT2D eigenvalue weighted by molar-refractivity contribution is 0.223. The van der Waals surface area contributed by atoms with Gasteiger partial charge >= 0.3 is 0 Å². The maximum absolute atomic E-state index is 4.39. The Morgan fingerprint density at radius 2 is 1.83 bits per heavy atom. The highest BCUT2D eigenvalue weighted by Crippen LogP contribution is 2.43. The highest BCUT2D eigenvalue weighted by molar-refractivity contribution is 7.99. The molecular weight excluding hydrogens is 328 g/mol. The summed E-state index contributed by atoms with van der Waals surface area (Å²) in [6.45, 7) is 12.1. The van der Waals surface area contributed by atoms with E-state index in [1.807, 2.05) is 0 Å². The van der Waals surface area contributed by atoms with Crippen LogP contribution in [-0.4, -0.2) is 16.8 Å². The Hall–Kier alpha value is 0.700. The third kappa shape index (κ3) is 7.94. The van der Waals surface area contributed by atoms with Crippen LogP contribution in [0.25, 0.3) is 0 Å². The van der Waals surface area contributed by atoms with Crippen molar-refractivity contribution in [2.45, 2.75) is 97.7 Å². The molecule has 0 aromatic heterocycles. The van der Waals surface area contributed by atoms with Gasteiger partial charge in [0.15, 0.2) is 0 Å². The van der Waals surface area contributed by atoms with E-state index >= 15 is 0 Å². The second-order valence-electron chi connectivity index (χ2n) is 8.63. The molecule has 0 N–H and O–H groups in total. The standard InChI is InChI=1S/C22H44S2/c1-6-10-22(17(3)4)24-16-20-12-8-13-21(20)19(7-2)15-18(5)11-9-14-23/h17-23H,6-16H2,1-5H3. The number of hydrogen-bond donors (Lipinski definition) is 1. The van der Waals surface area contributed by atoms with Crippen LogP contribution in [0.1, 0.15) is 92.4 Å². The van der Waals surface area contributed by atoms with E-state index in [0.29, 0.717) is 0 Å². The molecule has 0 amide bonds. The van der Waals surface area contributed by atoms with Crippen molar-refractivity contribution in [1.29, 1.82) is 0 Å². The van der Waals surface area contributed by atoms with Crippen molar-refractivity contribution in [3.63, 3.8) is 0 Å². The summed E-state index contributed by atoms with van der Waals surface area (Å²) in [5.41, 5.74) is 0. The second kappa shape index (κ2) is 13.0. The molecule has 0 aliphatic heterocycles. The number of thioether (sulfide) groups is 1. The minimum Gasteiger partial charge on any atom is -0.179 e. The Bertz CT molecular complexity index is 302. The highest BCUT2D eigenvalue weighted by atomic mass is 32.2. The van der Waals surface area contributed by atoms with Crippen molar-refractivity contribution < 1.29 is 0 Å². The number of rotatable bonds is 13. The van der Waals surface area contributed by atoms with Crippen LogP contribution in [0.2, 0.25) is 0 Å². The van der Waals surface area contributed by atoms with Gasteiger partial charge in [0, 0.05) is 5.25 Å². The molecule has 1 aliphatic rings. The van der Waals surface area contributed by atoms with Crippen molar-refractivity contribution in [2.24, 2.45) is 29.6 Å². The second-order valence-corrected chi connectivity index (χ2v) is 10.4. The van der Waals surface area contributed by atoms with E-state index in [0.717, 1.165) is 40.6 Å². The maximum Gasteiger partial charge on any atom is 0.00700 e. The van der Waals surface area contributed by atoms with E-state index in [4.69, 9.17) is 0 Å². The van der Waals surface area contributed by atoms with Gasteiger partial charge in [0.1, 0.15) is 0 Å². The van der Waals surface area contributed by atoms with Crippen LogP contribution in [0, 0.1) is 29.6 Å². The molecule has 0 bridgehead atoms. The molecule has 5 atom stereocenters. The summed E-state index contributed by atoms with van der Waals surface area (Å²) < 4.78 is 0. The fraction of sp³-hybridized carbons (Fsp3) is 1.00. The lowest BCUT2D eigenvalue weighted by atomic mass is 9.77. The van der Waals surface area contributed by atoms with E-state index in [1.165, 1.54) is 63.5 Å². The van der Waals surface area contributed by atoms with E-state index in [9.17, 15) is 0 Å². The number of thiol groups is 1. The van der Waals surface area contributed by atoms with E-state index < -0.39 is 0 Å². The van der Waals surface area contributed by atoms with Crippen LogP contribution < -0.4 is 0 Å². The van der Waals surface area contributed by atoms with Crippen molar-refractivity contribution in [2.75, 3.05) is 11.5 Å². The summed E-state index contributed by atoms with van der Waals surface area (Å²) in [6, 6.07) is 0. The molecule has 5 unspecified atom stereocenters. The van der Waals surface area contributed by atoms with E-state index in [-0.39, 0.29) is 0 Å². The maximum atomic E-state index is 4.39. The quantitative estimate of drug-likeness (QED) is 0.323.